The normalized spacial score (nSPS) is 11.7. The van der Waals surface area contributed by atoms with Gasteiger partial charge in [0.1, 0.15) is 6.04 Å². The van der Waals surface area contributed by atoms with E-state index in [1.807, 2.05) is 0 Å². The number of benzene rings is 1. The van der Waals surface area contributed by atoms with Crippen molar-refractivity contribution < 1.29 is 14.7 Å². The van der Waals surface area contributed by atoms with Crippen LogP contribution in [0.15, 0.2) is 24.3 Å². The van der Waals surface area contributed by atoms with E-state index >= 15 is 0 Å². The Labute approximate surface area is 106 Å². The number of aliphatic carboxylic acids is 1. The maximum absolute atomic E-state index is 11.3. The molecule has 0 heterocycles. The Hall–Kier alpha value is -2.04. The molecule has 0 spiro atoms. The zero-order valence-corrected chi connectivity index (χ0v) is 10.6. The Morgan fingerprint density at radius 1 is 1.28 bits per heavy atom. The van der Waals surface area contributed by atoms with E-state index in [0.29, 0.717) is 24.2 Å². The Balaban J connectivity index is 2.75. The van der Waals surface area contributed by atoms with E-state index in [1.54, 1.807) is 38.1 Å². The molecule has 1 aromatic rings. The average molecular weight is 250 g/mol. The molecule has 1 amide bonds. The highest BCUT2D eigenvalue weighted by molar-refractivity contribution is 5.91. The molecule has 1 aromatic carbocycles. The van der Waals surface area contributed by atoms with Crippen molar-refractivity contribution in [1.82, 2.24) is 0 Å². The van der Waals surface area contributed by atoms with Crippen molar-refractivity contribution in [2.45, 2.75) is 32.7 Å². The predicted octanol–water partition coefficient (Wildman–Crippen LogP) is 2.31. The Kier molecular flexibility index (Phi) is 5.17. The predicted molar refractivity (Wildman–Crippen MR) is 70.7 cm³/mol. The van der Waals surface area contributed by atoms with Crippen molar-refractivity contribution in [3.8, 4) is 0 Å². The molecule has 0 aliphatic rings. The number of carbonyl (C=O) groups excluding carboxylic acids is 1. The zero-order valence-electron chi connectivity index (χ0n) is 10.6. The summed E-state index contributed by atoms with van der Waals surface area (Å²) in [5.41, 5.74) is 1.34. The van der Waals surface area contributed by atoms with Gasteiger partial charge in [-0.3, -0.25) is 4.79 Å². The molecule has 0 radical (unpaired) electrons. The van der Waals surface area contributed by atoms with Crippen LogP contribution in [0.3, 0.4) is 0 Å². The van der Waals surface area contributed by atoms with Gasteiger partial charge in [-0.1, -0.05) is 19.9 Å². The van der Waals surface area contributed by atoms with Gasteiger partial charge < -0.3 is 15.7 Å². The third kappa shape index (κ3) is 4.08. The van der Waals surface area contributed by atoms with E-state index in [-0.39, 0.29) is 5.91 Å². The van der Waals surface area contributed by atoms with Crippen molar-refractivity contribution >= 4 is 23.3 Å². The van der Waals surface area contributed by atoms with Crippen molar-refractivity contribution in [2.24, 2.45) is 0 Å². The summed E-state index contributed by atoms with van der Waals surface area (Å²) in [5.74, 6) is -0.960. The maximum atomic E-state index is 11.3. The molecule has 5 heteroatoms. The van der Waals surface area contributed by atoms with Crippen LogP contribution >= 0.6 is 0 Å². The fourth-order valence-electron chi connectivity index (χ4n) is 1.48. The number of hydrogen-bond donors (Lipinski definition) is 3. The lowest BCUT2D eigenvalue weighted by molar-refractivity contribution is -0.138. The van der Waals surface area contributed by atoms with Gasteiger partial charge >= 0.3 is 5.97 Å². The van der Waals surface area contributed by atoms with Gasteiger partial charge in [-0.25, -0.2) is 4.79 Å². The minimum atomic E-state index is -0.888. The number of carboxylic acids is 1. The first-order chi connectivity index (χ1) is 8.56. The summed E-state index contributed by atoms with van der Waals surface area (Å²) >= 11 is 0. The van der Waals surface area contributed by atoms with Crippen molar-refractivity contribution in [2.75, 3.05) is 10.6 Å². The fourth-order valence-corrected chi connectivity index (χ4v) is 1.48. The standard InChI is InChI=1S/C13H18N2O3/c1-3-11(13(17)18)14-9-6-5-7-10(8-9)15-12(16)4-2/h5-8,11,14H,3-4H2,1-2H3,(H,15,16)(H,17,18). The van der Waals surface area contributed by atoms with Gasteiger partial charge in [0.15, 0.2) is 0 Å². The third-order valence-corrected chi connectivity index (χ3v) is 2.51. The van der Waals surface area contributed by atoms with Crippen LogP contribution in [0.5, 0.6) is 0 Å². The first-order valence-corrected chi connectivity index (χ1v) is 5.96. The molecule has 5 nitrogen and oxygen atoms in total. The molecular weight excluding hydrogens is 232 g/mol. The largest absolute Gasteiger partial charge is 0.480 e. The third-order valence-electron chi connectivity index (χ3n) is 2.51. The highest BCUT2D eigenvalue weighted by Gasteiger charge is 2.14. The summed E-state index contributed by atoms with van der Waals surface area (Å²) in [6, 6.07) is 6.40. The van der Waals surface area contributed by atoms with Crippen molar-refractivity contribution in [1.29, 1.82) is 0 Å². The molecule has 98 valence electrons. The van der Waals surface area contributed by atoms with E-state index in [4.69, 9.17) is 5.11 Å². The molecule has 0 aliphatic carbocycles. The fraction of sp³-hybridized carbons (Fsp3) is 0.385. The zero-order chi connectivity index (χ0) is 13.5. The topological polar surface area (TPSA) is 78.4 Å². The van der Waals surface area contributed by atoms with E-state index in [0.717, 1.165) is 0 Å². The Morgan fingerprint density at radius 2 is 1.94 bits per heavy atom. The van der Waals surface area contributed by atoms with Crippen molar-refractivity contribution in [3.05, 3.63) is 24.3 Å². The molecular formula is C13H18N2O3. The summed E-state index contributed by atoms with van der Waals surface area (Å²) < 4.78 is 0. The van der Waals surface area contributed by atoms with Crippen LogP contribution in [0.4, 0.5) is 11.4 Å². The number of carboxylic acid groups (broad SMARTS) is 1. The summed E-state index contributed by atoms with van der Waals surface area (Å²) in [5, 5.41) is 14.6. The van der Waals surface area contributed by atoms with Gasteiger partial charge in [0.25, 0.3) is 0 Å². The smallest absolute Gasteiger partial charge is 0.326 e. The second kappa shape index (κ2) is 6.64. The van der Waals surface area contributed by atoms with Gasteiger partial charge in [0.2, 0.25) is 5.91 Å². The second-order valence-corrected chi connectivity index (χ2v) is 3.93. The molecule has 0 saturated heterocycles. The van der Waals surface area contributed by atoms with Crippen LogP contribution in [-0.4, -0.2) is 23.0 Å². The number of anilines is 2. The highest BCUT2D eigenvalue weighted by atomic mass is 16.4. The molecule has 1 unspecified atom stereocenters. The van der Waals surface area contributed by atoms with Crippen LogP contribution in [0.2, 0.25) is 0 Å². The van der Waals surface area contributed by atoms with Crippen LogP contribution in [0.1, 0.15) is 26.7 Å². The lowest BCUT2D eigenvalue weighted by Gasteiger charge is -2.14. The quantitative estimate of drug-likeness (QED) is 0.724. The van der Waals surface area contributed by atoms with Gasteiger partial charge in [-0.05, 0) is 24.6 Å². The summed E-state index contributed by atoms with van der Waals surface area (Å²) in [4.78, 5) is 22.2. The number of nitrogens with one attached hydrogen (secondary N) is 2. The molecule has 18 heavy (non-hydrogen) atoms. The number of rotatable bonds is 6. The monoisotopic (exact) mass is 250 g/mol. The first kappa shape index (κ1) is 14.0. The van der Waals surface area contributed by atoms with Crippen molar-refractivity contribution in [3.63, 3.8) is 0 Å². The Bertz CT molecular complexity index is 432. The minimum Gasteiger partial charge on any atom is -0.480 e. The molecule has 0 saturated carbocycles. The number of carbonyl (C=O) groups is 2. The van der Waals surface area contributed by atoms with E-state index in [9.17, 15) is 9.59 Å². The minimum absolute atomic E-state index is 0.0718. The molecule has 0 aromatic heterocycles. The van der Waals surface area contributed by atoms with E-state index in [2.05, 4.69) is 10.6 Å². The van der Waals surface area contributed by atoms with Gasteiger partial charge in [-0.15, -0.1) is 0 Å². The van der Waals surface area contributed by atoms with Crippen LogP contribution in [-0.2, 0) is 9.59 Å². The SMILES string of the molecule is CCC(=O)Nc1cccc(NC(CC)C(=O)O)c1. The number of amides is 1. The first-order valence-electron chi connectivity index (χ1n) is 5.96. The van der Waals surface area contributed by atoms with Gasteiger partial charge in [0.05, 0.1) is 0 Å². The summed E-state index contributed by atoms with van der Waals surface area (Å²) in [6.45, 7) is 3.57. The molecule has 1 atom stereocenters. The van der Waals surface area contributed by atoms with Crippen LogP contribution in [0, 0.1) is 0 Å². The summed E-state index contributed by atoms with van der Waals surface area (Å²) in [6.07, 6.45) is 0.894. The maximum Gasteiger partial charge on any atom is 0.326 e. The van der Waals surface area contributed by atoms with Crippen LogP contribution < -0.4 is 10.6 Å². The molecule has 3 N–H and O–H groups in total. The second-order valence-electron chi connectivity index (χ2n) is 3.93. The van der Waals surface area contributed by atoms with Crippen LogP contribution in [0.25, 0.3) is 0 Å². The molecule has 0 bridgehead atoms. The Morgan fingerprint density at radius 3 is 2.50 bits per heavy atom. The molecule has 1 rings (SSSR count). The van der Waals surface area contributed by atoms with E-state index < -0.39 is 12.0 Å². The van der Waals surface area contributed by atoms with Gasteiger partial charge in [-0.2, -0.15) is 0 Å². The molecule has 0 fully saturated rings. The van der Waals surface area contributed by atoms with Gasteiger partial charge in [0, 0.05) is 17.8 Å². The average Bonchev–Trinajstić information content (AvgIpc) is 2.35. The summed E-state index contributed by atoms with van der Waals surface area (Å²) in [7, 11) is 0. The van der Waals surface area contributed by atoms with E-state index in [1.165, 1.54) is 0 Å². The lowest BCUT2D eigenvalue weighted by Crippen LogP contribution is -2.28. The molecule has 0 aliphatic heterocycles. The lowest BCUT2D eigenvalue weighted by atomic mass is 10.2. The highest BCUT2D eigenvalue weighted by Crippen LogP contribution is 2.16. The number of hydrogen-bond acceptors (Lipinski definition) is 3.